The number of imidazole rings is 1. The average molecular weight is 346 g/mol. The summed E-state index contributed by atoms with van der Waals surface area (Å²) in [7, 11) is 6.98. The Bertz CT molecular complexity index is 699. The van der Waals surface area contributed by atoms with Crippen LogP contribution < -0.4 is 14.8 Å². The van der Waals surface area contributed by atoms with Crippen molar-refractivity contribution < 1.29 is 14.3 Å². The van der Waals surface area contributed by atoms with E-state index in [9.17, 15) is 4.79 Å². The van der Waals surface area contributed by atoms with E-state index in [1.807, 2.05) is 36.0 Å². The van der Waals surface area contributed by atoms with Crippen LogP contribution >= 0.6 is 0 Å². The van der Waals surface area contributed by atoms with Crippen LogP contribution in [0.4, 0.5) is 4.79 Å². The van der Waals surface area contributed by atoms with Crippen LogP contribution in [0.3, 0.4) is 0 Å². The van der Waals surface area contributed by atoms with Gasteiger partial charge >= 0.3 is 6.03 Å². The summed E-state index contributed by atoms with van der Waals surface area (Å²) in [5, 5.41) is 2.91. The van der Waals surface area contributed by atoms with Gasteiger partial charge in [0.05, 0.1) is 14.2 Å². The van der Waals surface area contributed by atoms with E-state index in [0.29, 0.717) is 13.1 Å². The minimum atomic E-state index is -0.121. The van der Waals surface area contributed by atoms with Crippen LogP contribution in [0.15, 0.2) is 30.6 Å². The summed E-state index contributed by atoms with van der Waals surface area (Å²) >= 11 is 0. The molecule has 0 unspecified atom stereocenters. The van der Waals surface area contributed by atoms with Gasteiger partial charge in [0.2, 0.25) is 0 Å². The van der Waals surface area contributed by atoms with Crippen molar-refractivity contribution in [2.75, 3.05) is 27.8 Å². The monoisotopic (exact) mass is 346 g/mol. The molecule has 2 amide bonds. The molecule has 0 saturated carbocycles. The van der Waals surface area contributed by atoms with Crippen molar-refractivity contribution in [2.45, 2.75) is 19.4 Å². The second-order valence-electron chi connectivity index (χ2n) is 5.82. The van der Waals surface area contributed by atoms with Gasteiger partial charge in [0.15, 0.2) is 0 Å². The molecule has 1 heterocycles. The number of benzene rings is 1. The zero-order valence-corrected chi connectivity index (χ0v) is 15.3. The molecule has 25 heavy (non-hydrogen) atoms. The minimum absolute atomic E-state index is 0.121. The second kappa shape index (κ2) is 8.96. The van der Waals surface area contributed by atoms with Crippen LogP contribution in [0.5, 0.6) is 11.5 Å². The van der Waals surface area contributed by atoms with Crippen LogP contribution in [-0.2, 0) is 20.0 Å². The van der Waals surface area contributed by atoms with Crippen LogP contribution in [0.1, 0.15) is 17.8 Å². The highest BCUT2D eigenvalue weighted by molar-refractivity contribution is 5.73. The summed E-state index contributed by atoms with van der Waals surface area (Å²) in [5.74, 6) is 2.47. The molecule has 7 heteroatoms. The molecular weight excluding hydrogens is 320 g/mol. The number of urea groups is 1. The number of nitrogens with zero attached hydrogens (tertiary/aromatic N) is 3. The zero-order valence-electron chi connectivity index (χ0n) is 15.3. The van der Waals surface area contributed by atoms with Gasteiger partial charge in [-0.15, -0.1) is 0 Å². The Labute approximate surface area is 148 Å². The molecule has 2 rings (SSSR count). The quantitative estimate of drug-likeness (QED) is 0.796. The van der Waals surface area contributed by atoms with Gasteiger partial charge in [0, 0.05) is 51.6 Å². The summed E-state index contributed by atoms with van der Waals surface area (Å²) in [6, 6.07) is 5.40. The topological polar surface area (TPSA) is 68.6 Å². The van der Waals surface area contributed by atoms with E-state index in [4.69, 9.17) is 9.47 Å². The molecule has 0 radical (unpaired) electrons. The highest BCUT2D eigenvalue weighted by atomic mass is 16.5. The number of hydrogen-bond acceptors (Lipinski definition) is 4. The summed E-state index contributed by atoms with van der Waals surface area (Å²) in [6.07, 6.45) is 5.41. The Morgan fingerprint density at radius 2 is 2.12 bits per heavy atom. The number of methoxy groups -OCH3 is 2. The van der Waals surface area contributed by atoms with Crippen molar-refractivity contribution in [3.8, 4) is 11.5 Å². The van der Waals surface area contributed by atoms with Crippen LogP contribution in [-0.4, -0.2) is 48.3 Å². The van der Waals surface area contributed by atoms with E-state index in [0.717, 1.165) is 35.7 Å². The number of rotatable bonds is 8. The summed E-state index contributed by atoms with van der Waals surface area (Å²) < 4.78 is 12.5. The first-order valence-electron chi connectivity index (χ1n) is 8.21. The van der Waals surface area contributed by atoms with E-state index in [1.54, 1.807) is 32.4 Å². The lowest BCUT2D eigenvalue weighted by molar-refractivity contribution is 0.207. The number of carbonyl (C=O) groups excluding carboxylic acids is 1. The van der Waals surface area contributed by atoms with Gasteiger partial charge in [-0.1, -0.05) is 0 Å². The Kier molecular flexibility index (Phi) is 6.68. The predicted octanol–water partition coefficient (Wildman–Crippen LogP) is 2.21. The second-order valence-corrected chi connectivity index (χ2v) is 5.82. The molecule has 2 aromatic rings. The molecule has 0 fully saturated rings. The standard InChI is InChI=1S/C18H26N4O3/c1-21-11-9-19-17(21)6-5-10-22(2)18(23)20-13-14-12-15(24-3)7-8-16(14)25-4/h7-9,11-12H,5-6,10,13H2,1-4H3,(H,20,23). The summed E-state index contributed by atoms with van der Waals surface area (Å²) in [4.78, 5) is 18.2. The molecular formula is C18H26N4O3. The van der Waals surface area contributed by atoms with Crippen LogP contribution in [0.2, 0.25) is 0 Å². The van der Waals surface area contributed by atoms with Gasteiger partial charge in [0.1, 0.15) is 17.3 Å². The van der Waals surface area contributed by atoms with E-state index in [1.165, 1.54) is 0 Å². The first-order chi connectivity index (χ1) is 12.0. The Hall–Kier alpha value is -2.70. The van der Waals surface area contributed by atoms with Gasteiger partial charge in [-0.25, -0.2) is 9.78 Å². The molecule has 136 valence electrons. The SMILES string of the molecule is COc1ccc(OC)c(CNC(=O)N(C)CCCc2nccn2C)c1. The van der Waals surface area contributed by atoms with Gasteiger partial charge in [0.25, 0.3) is 0 Å². The van der Waals surface area contributed by atoms with Crippen molar-refractivity contribution in [3.63, 3.8) is 0 Å². The molecule has 1 aromatic carbocycles. The third-order valence-electron chi connectivity index (χ3n) is 4.08. The lowest BCUT2D eigenvalue weighted by Crippen LogP contribution is -2.37. The van der Waals surface area contributed by atoms with Gasteiger partial charge in [-0.2, -0.15) is 0 Å². The van der Waals surface area contributed by atoms with E-state index < -0.39 is 0 Å². The molecule has 0 saturated heterocycles. The van der Waals surface area contributed by atoms with Gasteiger partial charge in [-0.05, 0) is 24.6 Å². The number of aromatic nitrogens is 2. The van der Waals surface area contributed by atoms with Crippen molar-refractivity contribution in [3.05, 3.63) is 42.0 Å². The predicted molar refractivity (Wildman–Crippen MR) is 95.9 cm³/mol. The van der Waals surface area contributed by atoms with Crippen molar-refractivity contribution in [2.24, 2.45) is 7.05 Å². The number of nitrogens with one attached hydrogen (secondary N) is 1. The first kappa shape index (κ1) is 18.6. The fraction of sp³-hybridized carbons (Fsp3) is 0.444. The van der Waals surface area contributed by atoms with Crippen LogP contribution in [0, 0.1) is 0 Å². The Balaban J connectivity index is 1.82. The number of ether oxygens (including phenoxy) is 2. The Morgan fingerprint density at radius 3 is 2.76 bits per heavy atom. The van der Waals surface area contributed by atoms with E-state index >= 15 is 0 Å². The fourth-order valence-corrected chi connectivity index (χ4v) is 2.54. The third kappa shape index (κ3) is 5.14. The fourth-order valence-electron chi connectivity index (χ4n) is 2.54. The normalized spacial score (nSPS) is 10.4. The largest absolute Gasteiger partial charge is 0.497 e. The molecule has 0 atom stereocenters. The van der Waals surface area contributed by atoms with E-state index in [-0.39, 0.29) is 6.03 Å². The van der Waals surface area contributed by atoms with Gasteiger partial charge in [-0.3, -0.25) is 0 Å². The highest BCUT2D eigenvalue weighted by Gasteiger charge is 2.11. The minimum Gasteiger partial charge on any atom is -0.497 e. The maximum Gasteiger partial charge on any atom is 0.317 e. The number of hydrogen-bond donors (Lipinski definition) is 1. The number of aryl methyl sites for hydroxylation is 2. The van der Waals surface area contributed by atoms with E-state index in [2.05, 4.69) is 10.3 Å². The van der Waals surface area contributed by atoms with Crippen molar-refractivity contribution >= 4 is 6.03 Å². The lowest BCUT2D eigenvalue weighted by atomic mass is 10.2. The molecule has 0 aliphatic heterocycles. The molecule has 0 aliphatic rings. The molecule has 0 spiro atoms. The Morgan fingerprint density at radius 1 is 1.32 bits per heavy atom. The van der Waals surface area contributed by atoms with Crippen molar-refractivity contribution in [1.82, 2.24) is 19.8 Å². The third-order valence-corrected chi connectivity index (χ3v) is 4.08. The number of carbonyl (C=O) groups is 1. The first-order valence-corrected chi connectivity index (χ1v) is 8.21. The molecule has 7 nitrogen and oxygen atoms in total. The maximum atomic E-state index is 12.3. The van der Waals surface area contributed by atoms with Crippen LogP contribution in [0.25, 0.3) is 0 Å². The maximum absolute atomic E-state index is 12.3. The molecule has 1 aromatic heterocycles. The highest BCUT2D eigenvalue weighted by Crippen LogP contribution is 2.23. The van der Waals surface area contributed by atoms with Gasteiger partial charge < -0.3 is 24.3 Å². The zero-order chi connectivity index (χ0) is 18.2. The molecule has 0 aliphatic carbocycles. The van der Waals surface area contributed by atoms with Crippen molar-refractivity contribution in [1.29, 1.82) is 0 Å². The molecule has 0 bridgehead atoms. The number of amides is 2. The molecule has 1 N–H and O–H groups in total. The summed E-state index contributed by atoms with van der Waals surface area (Å²) in [6.45, 7) is 1.04. The average Bonchev–Trinajstić information content (AvgIpc) is 3.04. The smallest absolute Gasteiger partial charge is 0.317 e. The lowest BCUT2D eigenvalue weighted by Gasteiger charge is -2.18. The summed E-state index contributed by atoms with van der Waals surface area (Å²) in [5.41, 5.74) is 0.872.